The van der Waals surface area contributed by atoms with Gasteiger partial charge in [0.25, 0.3) is 0 Å². The summed E-state index contributed by atoms with van der Waals surface area (Å²) in [5.74, 6) is -1.10. The van der Waals surface area contributed by atoms with Crippen LogP contribution in [0, 0.1) is 5.92 Å². The van der Waals surface area contributed by atoms with Crippen LogP contribution in [-0.4, -0.2) is 17.2 Å². The molecule has 1 N–H and O–H groups in total. The lowest BCUT2D eigenvalue weighted by Crippen LogP contribution is -2.23. The number of aliphatic carboxylic acids is 1. The molecule has 1 aliphatic carbocycles. The zero-order valence-corrected chi connectivity index (χ0v) is 6.42. The second-order valence-corrected chi connectivity index (χ2v) is 3.16. The second kappa shape index (κ2) is 3.69. The van der Waals surface area contributed by atoms with Crippen LogP contribution in [0.4, 0.5) is 4.39 Å². The molecule has 3 heteroatoms. The molecule has 0 saturated heterocycles. The molecule has 64 valence electrons. The van der Waals surface area contributed by atoms with Crippen molar-refractivity contribution in [2.45, 2.75) is 38.3 Å². The Labute approximate surface area is 65.4 Å². The van der Waals surface area contributed by atoms with E-state index in [-0.39, 0.29) is 12.3 Å². The molecule has 2 nitrogen and oxygen atoms in total. The maximum atomic E-state index is 12.9. The minimum atomic E-state index is -0.875. The van der Waals surface area contributed by atoms with E-state index in [1.807, 2.05) is 0 Å². The quantitative estimate of drug-likeness (QED) is 0.670. The molecule has 0 unspecified atom stereocenters. The summed E-state index contributed by atoms with van der Waals surface area (Å²) in [6.07, 6.45) is 2.32. The predicted octanol–water partition coefficient (Wildman–Crippen LogP) is 1.99. The lowest BCUT2D eigenvalue weighted by atomic mass is 9.85. The highest BCUT2D eigenvalue weighted by Gasteiger charge is 2.26. The van der Waals surface area contributed by atoms with Gasteiger partial charge in [0.1, 0.15) is 6.17 Å². The summed E-state index contributed by atoms with van der Waals surface area (Å²) >= 11 is 0. The van der Waals surface area contributed by atoms with E-state index in [1.165, 1.54) is 0 Å². The molecule has 1 fully saturated rings. The average Bonchev–Trinajstić information content (AvgIpc) is 1.93. The summed E-state index contributed by atoms with van der Waals surface area (Å²) in [6, 6.07) is 0. The lowest BCUT2D eigenvalue weighted by Gasteiger charge is -2.23. The molecule has 1 aliphatic rings. The van der Waals surface area contributed by atoms with Gasteiger partial charge in [-0.3, -0.25) is 4.79 Å². The number of alkyl halides is 1. The van der Waals surface area contributed by atoms with Gasteiger partial charge in [0.2, 0.25) is 0 Å². The third kappa shape index (κ3) is 2.48. The summed E-state index contributed by atoms with van der Waals surface area (Å²) in [5.41, 5.74) is 0. The molecule has 0 aliphatic heterocycles. The summed E-state index contributed by atoms with van der Waals surface area (Å²) in [4.78, 5) is 10.2. The summed E-state index contributed by atoms with van der Waals surface area (Å²) in [5, 5.41) is 8.42. The van der Waals surface area contributed by atoms with Crippen molar-refractivity contribution in [2.24, 2.45) is 5.92 Å². The van der Waals surface area contributed by atoms with Crippen LogP contribution < -0.4 is 0 Å². The molecule has 0 aromatic heterocycles. The highest BCUT2D eigenvalue weighted by atomic mass is 19.1. The highest BCUT2D eigenvalue weighted by Crippen LogP contribution is 2.29. The molecule has 0 spiro atoms. The van der Waals surface area contributed by atoms with Crippen molar-refractivity contribution in [2.75, 3.05) is 0 Å². The SMILES string of the molecule is O=C(O)C[C@@H]1CCCC[C@H]1F. The van der Waals surface area contributed by atoms with Crippen LogP contribution in [0.2, 0.25) is 0 Å². The van der Waals surface area contributed by atoms with Crippen molar-refractivity contribution in [3.63, 3.8) is 0 Å². The predicted molar refractivity (Wildman–Crippen MR) is 39.1 cm³/mol. The monoisotopic (exact) mass is 160 g/mol. The topological polar surface area (TPSA) is 37.3 Å². The van der Waals surface area contributed by atoms with Gasteiger partial charge in [-0.25, -0.2) is 4.39 Å². The van der Waals surface area contributed by atoms with Crippen molar-refractivity contribution in [3.8, 4) is 0 Å². The molecule has 0 amide bonds. The van der Waals surface area contributed by atoms with Crippen molar-refractivity contribution in [3.05, 3.63) is 0 Å². The second-order valence-electron chi connectivity index (χ2n) is 3.16. The molecule has 0 bridgehead atoms. The van der Waals surface area contributed by atoms with E-state index in [4.69, 9.17) is 5.11 Å². The Hall–Kier alpha value is -0.600. The van der Waals surface area contributed by atoms with Gasteiger partial charge in [0.05, 0.1) is 6.42 Å². The number of carboxylic acid groups (broad SMARTS) is 1. The maximum absolute atomic E-state index is 12.9. The molecule has 1 rings (SSSR count). The molecule has 1 saturated carbocycles. The van der Waals surface area contributed by atoms with Crippen LogP contribution in [0.3, 0.4) is 0 Å². The third-order valence-corrected chi connectivity index (χ3v) is 2.25. The van der Waals surface area contributed by atoms with Crippen LogP contribution in [0.1, 0.15) is 32.1 Å². The fraction of sp³-hybridized carbons (Fsp3) is 0.875. The van der Waals surface area contributed by atoms with Gasteiger partial charge in [-0.15, -0.1) is 0 Å². The van der Waals surface area contributed by atoms with Crippen LogP contribution in [0.5, 0.6) is 0 Å². The molecular formula is C8H13FO2. The van der Waals surface area contributed by atoms with E-state index in [2.05, 4.69) is 0 Å². The van der Waals surface area contributed by atoms with E-state index in [9.17, 15) is 9.18 Å². The molecular weight excluding hydrogens is 147 g/mol. The molecule has 0 radical (unpaired) electrons. The molecule has 0 heterocycles. The molecule has 11 heavy (non-hydrogen) atoms. The van der Waals surface area contributed by atoms with Crippen molar-refractivity contribution in [1.82, 2.24) is 0 Å². The van der Waals surface area contributed by atoms with Gasteiger partial charge in [0, 0.05) is 5.92 Å². The first-order valence-electron chi connectivity index (χ1n) is 4.06. The fourth-order valence-corrected chi connectivity index (χ4v) is 1.62. The normalized spacial score (nSPS) is 31.7. The van der Waals surface area contributed by atoms with E-state index in [0.29, 0.717) is 6.42 Å². The summed E-state index contributed by atoms with van der Waals surface area (Å²) in [7, 11) is 0. The molecule has 2 atom stereocenters. The average molecular weight is 160 g/mol. The Kier molecular flexibility index (Phi) is 2.85. The Morgan fingerprint density at radius 2 is 2.09 bits per heavy atom. The zero-order valence-electron chi connectivity index (χ0n) is 6.42. The van der Waals surface area contributed by atoms with Crippen molar-refractivity contribution >= 4 is 5.97 Å². The number of carbonyl (C=O) groups is 1. The number of rotatable bonds is 2. The van der Waals surface area contributed by atoms with Gasteiger partial charge in [-0.2, -0.15) is 0 Å². The number of halogens is 1. The van der Waals surface area contributed by atoms with Crippen molar-refractivity contribution < 1.29 is 14.3 Å². The van der Waals surface area contributed by atoms with Gasteiger partial charge in [0.15, 0.2) is 0 Å². The van der Waals surface area contributed by atoms with E-state index in [0.717, 1.165) is 19.3 Å². The lowest BCUT2D eigenvalue weighted by molar-refractivity contribution is -0.139. The van der Waals surface area contributed by atoms with Crippen LogP contribution >= 0.6 is 0 Å². The Bertz CT molecular complexity index is 147. The summed E-state index contributed by atoms with van der Waals surface area (Å²) in [6.45, 7) is 0. The smallest absolute Gasteiger partial charge is 0.303 e. The minimum absolute atomic E-state index is 0.00116. The molecule has 0 aromatic rings. The summed E-state index contributed by atoms with van der Waals surface area (Å²) < 4.78 is 12.9. The maximum Gasteiger partial charge on any atom is 0.303 e. The van der Waals surface area contributed by atoms with Gasteiger partial charge in [-0.1, -0.05) is 12.8 Å². The van der Waals surface area contributed by atoms with Crippen molar-refractivity contribution in [1.29, 1.82) is 0 Å². The van der Waals surface area contributed by atoms with Crippen LogP contribution in [0.15, 0.2) is 0 Å². The van der Waals surface area contributed by atoms with E-state index >= 15 is 0 Å². The first kappa shape index (κ1) is 8.50. The number of carboxylic acids is 1. The third-order valence-electron chi connectivity index (χ3n) is 2.25. The van der Waals surface area contributed by atoms with E-state index < -0.39 is 12.1 Å². The first-order valence-corrected chi connectivity index (χ1v) is 4.06. The number of hydrogen-bond donors (Lipinski definition) is 1. The largest absolute Gasteiger partial charge is 0.481 e. The van der Waals surface area contributed by atoms with Crippen LogP contribution in [-0.2, 0) is 4.79 Å². The van der Waals surface area contributed by atoms with Gasteiger partial charge >= 0.3 is 5.97 Å². The first-order chi connectivity index (χ1) is 5.20. The minimum Gasteiger partial charge on any atom is -0.481 e. The zero-order chi connectivity index (χ0) is 8.27. The standard InChI is InChI=1S/C8H13FO2/c9-7-4-2-1-3-6(7)5-8(10)11/h6-7H,1-5H2,(H,10,11)/t6-,7+/m0/s1. The fourth-order valence-electron chi connectivity index (χ4n) is 1.62. The van der Waals surface area contributed by atoms with E-state index in [1.54, 1.807) is 0 Å². The molecule has 0 aromatic carbocycles. The highest BCUT2D eigenvalue weighted by molar-refractivity contribution is 5.67. The Morgan fingerprint density at radius 1 is 1.45 bits per heavy atom. The Morgan fingerprint density at radius 3 is 2.64 bits per heavy atom. The Balaban J connectivity index is 2.35. The van der Waals surface area contributed by atoms with Gasteiger partial charge in [-0.05, 0) is 12.8 Å². The van der Waals surface area contributed by atoms with Gasteiger partial charge < -0.3 is 5.11 Å². The number of hydrogen-bond acceptors (Lipinski definition) is 1. The van der Waals surface area contributed by atoms with Crippen LogP contribution in [0.25, 0.3) is 0 Å².